The van der Waals surface area contributed by atoms with Crippen molar-refractivity contribution < 1.29 is 15.1 Å². The Morgan fingerprint density at radius 2 is 2.00 bits per heavy atom. The van der Waals surface area contributed by atoms with Crippen LogP contribution in [0.4, 0.5) is 5.82 Å². The molecule has 8 nitrogen and oxygen atoms in total. The summed E-state index contributed by atoms with van der Waals surface area (Å²) in [6.07, 6.45) is 1.46. The van der Waals surface area contributed by atoms with Gasteiger partial charge in [0, 0.05) is 6.20 Å². The quantitative estimate of drug-likeness (QED) is 0.550. The van der Waals surface area contributed by atoms with Gasteiger partial charge >= 0.3 is 5.69 Å². The van der Waals surface area contributed by atoms with Gasteiger partial charge in [0.2, 0.25) is 0 Å². The van der Waals surface area contributed by atoms with Crippen LogP contribution in [0.2, 0.25) is 0 Å². The molecule has 130 valence electrons. The van der Waals surface area contributed by atoms with Gasteiger partial charge in [0.05, 0.1) is 31.2 Å². The standard InChI is InChI=1S/C17H18N4O4/c22-9-13(11-25-10-12-5-2-1-3-6-12)19-15-14-7-4-8-18-16(14)21(24)17(23)20-15/h1-8,13,22,24H,9-11H2,(H,19,20,23)/t13-/m1/s1. The van der Waals surface area contributed by atoms with Crippen molar-refractivity contribution in [2.75, 3.05) is 18.5 Å². The molecule has 3 aromatic rings. The highest BCUT2D eigenvalue weighted by Crippen LogP contribution is 2.17. The summed E-state index contributed by atoms with van der Waals surface area (Å²) in [7, 11) is 0. The molecular weight excluding hydrogens is 324 g/mol. The highest BCUT2D eigenvalue weighted by atomic mass is 16.5. The lowest BCUT2D eigenvalue weighted by atomic mass is 10.2. The molecule has 0 aliphatic heterocycles. The van der Waals surface area contributed by atoms with Gasteiger partial charge in [0.25, 0.3) is 0 Å². The highest BCUT2D eigenvalue weighted by molar-refractivity contribution is 5.86. The van der Waals surface area contributed by atoms with Crippen LogP contribution in [0.5, 0.6) is 0 Å². The summed E-state index contributed by atoms with van der Waals surface area (Å²) in [5.41, 5.74) is 0.261. The predicted octanol–water partition coefficient (Wildman–Crippen LogP) is 1.02. The van der Waals surface area contributed by atoms with E-state index < -0.39 is 11.7 Å². The van der Waals surface area contributed by atoms with Crippen molar-refractivity contribution in [3.05, 3.63) is 64.7 Å². The SMILES string of the molecule is O=c1nc(N[C@H](CO)COCc2ccccc2)c2cccnc2n1O. The van der Waals surface area contributed by atoms with Crippen LogP contribution in [0, 0.1) is 0 Å². The van der Waals surface area contributed by atoms with E-state index in [9.17, 15) is 15.1 Å². The monoisotopic (exact) mass is 342 g/mol. The van der Waals surface area contributed by atoms with Gasteiger partial charge in [-0.3, -0.25) is 0 Å². The molecule has 0 bridgehead atoms. The Balaban J connectivity index is 1.72. The van der Waals surface area contributed by atoms with E-state index in [0.717, 1.165) is 5.56 Å². The van der Waals surface area contributed by atoms with Gasteiger partial charge in [-0.15, -0.1) is 4.73 Å². The maximum atomic E-state index is 11.8. The number of rotatable bonds is 7. The maximum Gasteiger partial charge on any atom is 0.384 e. The summed E-state index contributed by atoms with van der Waals surface area (Å²) in [5.74, 6) is 0.237. The molecule has 1 aromatic carbocycles. The summed E-state index contributed by atoms with van der Waals surface area (Å²) >= 11 is 0. The third-order valence-electron chi connectivity index (χ3n) is 3.62. The minimum absolute atomic E-state index is 0.0897. The minimum atomic E-state index is -0.851. The molecule has 0 saturated carbocycles. The van der Waals surface area contributed by atoms with Crippen LogP contribution in [0.1, 0.15) is 5.56 Å². The van der Waals surface area contributed by atoms with E-state index in [1.807, 2.05) is 30.3 Å². The molecule has 25 heavy (non-hydrogen) atoms. The van der Waals surface area contributed by atoms with E-state index in [4.69, 9.17) is 4.74 Å². The second kappa shape index (κ2) is 7.73. The van der Waals surface area contributed by atoms with Crippen molar-refractivity contribution in [2.45, 2.75) is 12.6 Å². The molecule has 3 N–H and O–H groups in total. The number of nitrogens with one attached hydrogen (secondary N) is 1. The molecule has 0 spiro atoms. The molecule has 0 saturated heterocycles. The summed E-state index contributed by atoms with van der Waals surface area (Å²) in [5, 5.41) is 22.7. The second-order valence-corrected chi connectivity index (χ2v) is 5.45. The van der Waals surface area contributed by atoms with E-state index in [0.29, 0.717) is 16.7 Å². The second-order valence-electron chi connectivity index (χ2n) is 5.45. The van der Waals surface area contributed by atoms with Crippen molar-refractivity contribution in [1.82, 2.24) is 14.7 Å². The van der Waals surface area contributed by atoms with Crippen LogP contribution in [0.15, 0.2) is 53.5 Å². The summed E-state index contributed by atoms with van der Waals surface area (Å²) < 4.78 is 6.00. The molecular formula is C17H18N4O4. The summed E-state index contributed by atoms with van der Waals surface area (Å²) in [4.78, 5) is 19.5. The number of anilines is 1. The normalized spacial score (nSPS) is 12.2. The van der Waals surface area contributed by atoms with Crippen molar-refractivity contribution >= 4 is 16.9 Å². The number of pyridine rings is 1. The fraction of sp³-hybridized carbons (Fsp3) is 0.235. The van der Waals surface area contributed by atoms with Gasteiger partial charge in [-0.1, -0.05) is 30.3 Å². The number of aliphatic hydroxyl groups excluding tert-OH is 1. The summed E-state index contributed by atoms with van der Waals surface area (Å²) in [6, 6.07) is 12.5. The number of aromatic nitrogens is 3. The van der Waals surface area contributed by atoms with Gasteiger partial charge in [0.1, 0.15) is 5.82 Å². The van der Waals surface area contributed by atoms with Gasteiger partial charge < -0.3 is 20.4 Å². The molecule has 0 amide bonds. The van der Waals surface area contributed by atoms with Crippen molar-refractivity contribution in [1.29, 1.82) is 0 Å². The molecule has 0 fully saturated rings. The molecule has 1 atom stereocenters. The Bertz CT molecular complexity index is 898. The number of ether oxygens (including phenoxy) is 1. The van der Waals surface area contributed by atoms with Gasteiger partial charge in [-0.05, 0) is 17.7 Å². The van der Waals surface area contributed by atoms with E-state index in [1.54, 1.807) is 12.1 Å². The topological polar surface area (TPSA) is 110 Å². The molecule has 0 aliphatic carbocycles. The van der Waals surface area contributed by atoms with Crippen LogP contribution >= 0.6 is 0 Å². The van der Waals surface area contributed by atoms with E-state index in [1.165, 1.54) is 6.20 Å². The van der Waals surface area contributed by atoms with Crippen molar-refractivity contribution in [3.8, 4) is 0 Å². The number of fused-ring (bicyclic) bond motifs is 1. The third-order valence-corrected chi connectivity index (χ3v) is 3.62. The molecule has 2 aromatic heterocycles. The Hall–Kier alpha value is -2.97. The zero-order valence-corrected chi connectivity index (χ0v) is 13.4. The fourth-order valence-electron chi connectivity index (χ4n) is 2.38. The first-order valence-corrected chi connectivity index (χ1v) is 7.75. The highest BCUT2D eigenvalue weighted by Gasteiger charge is 2.14. The molecule has 8 heteroatoms. The summed E-state index contributed by atoms with van der Waals surface area (Å²) in [6.45, 7) is 0.421. The Labute approximate surface area is 143 Å². The number of nitrogens with zero attached hydrogens (tertiary/aromatic N) is 3. The van der Waals surface area contributed by atoms with Crippen molar-refractivity contribution in [2.24, 2.45) is 0 Å². The number of hydrogen-bond acceptors (Lipinski definition) is 7. The van der Waals surface area contributed by atoms with Crippen LogP contribution in [0.3, 0.4) is 0 Å². The predicted molar refractivity (Wildman–Crippen MR) is 91.6 cm³/mol. The van der Waals surface area contributed by atoms with Crippen LogP contribution in [0.25, 0.3) is 11.0 Å². The fourth-order valence-corrected chi connectivity index (χ4v) is 2.38. The van der Waals surface area contributed by atoms with Gasteiger partial charge in [0.15, 0.2) is 5.65 Å². The Morgan fingerprint density at radius 3 is 2.76 bits per heavy atom. The van der Waals surface area contributed by atoms with Crippen LogP contribution in [-0.2, 0) is 11.3 Å². The van der Waals surface area contributed by atoms with E-state index in [-0.39, 0.29) is 24.7 Å². The van der Waals surface area contributed by atoms with Gasteiger partial charge in [-0.25, -0.2) is 9.78 Å². The first kappa shape index (κ1) is 16.9. The first-order chi connectivity index (χ1) is 12.2. The van der Waals surface area contributed by atoms with E-state index >= 15 is 0 Å². The minimum Gasteiger partial charge on any atom is -0.422 e. The Kier molecular flexibility index (Phi) is 5.22. The molecule has 0 radical (unpaired) electrons. The molecule has 0 aliphatic rings. The first-order valence-electron chi connectivity index (χ1n) is 7.75. The van der Waals surface area contributed by atoms with Gasteiger partial charge in [-0.2, -0.15) is 4.98 Å². The largest absolute Gasteiger partial charge is 0.422 e. The lowest BCUT2D eigenvalue weighted by molar-refractivity contribution is 0.0950. The van der Waals surface area contributed by atoms with Crippen LogP contribution in [-0.4, -0.2) is 44.3 Å². The third kappa shape index (κ3) is 3.93. The van der Waals surface area contributed by atoms with E-state index in [2.05, 4.69) is 15.3 Å². The lowest BCUT2D eigenvalue weighted by Gasteiger charge is -2.18. The lowest BCUT2D eigenvalue weighted by Crippen LogP contribution is -2.32. The average molecular weight is 342 g/mol. The van der Waals surface area contributed by atoms with Crippen LogP contribution < -0.4 is 11.0 Å². The number of benzene rings is 1. The van der Waals surface area contributed by atoms with Crippen molar-refractivity contribution in [3.63, 3.8) is 0 Å². The average Bonchev–Trinajstić information content (AvgIpc) is 2.65. The molecule has 0 unspecified atom stereocenters. The zero-order chi connectivity index (χ0) is 17.6. The maximum absolute atomic E-state index is 11.8. The molecule has 3 rings (SSSR count). The smallest absolute Gasteiger partial charge is 0.384 e. The molecule has 2 heterocycles. The zero-order valence-electron chi connectivity index (χ0n) is 13.4. The number of aliphatic hydroxyl groups is 1. The number of hydrogen-bond donors (Lipinski definition) is 3. The Morgan fingerprint density at radius 1 is 1.20 bits per heavy atom.